The predicted octanol–water partition coefficient (Wildman–Crippen LogP) is 2.21. The van der Waals surface area contributed by atoms with E-state index in [1.165, 1.54) is 25.7 Å². The first-order chi connectivity index (χ1) is 4.86. The Labute approximate surface area is 62.8 Å². The molecule has 2 fully saturated rings. The zero-order valence-electron chi connectivity index (χ0n) is 6.68. The summed E-state index contributed by atoms with van der Waals surface area (Å²) in [5, 5.41) is 0. The van der Waals surface area contributed by atoms with Gasteiger partial charge >= 0.3 is 0 Å². The zero-order chi connectivity index (χ0) is 6.97. The molecule has 0 aromatic heterocycles. The maximum Gasteiger partial charge on any atom is 0.0838 e. The van der Waals surface area contributed by atoms with Crippen molar-refractivity contribution in [3.63, 3.8) is 0 Å². The van der Waals surface area contributed by atoms with Crippen molar-refractivity contribution in [2.24, 2.45) is 11.8 Å². The molecule has 0 aromatic rings. The van der Waals surface area contributed by atoms with Crippen LogP contribution in [-0.2, 0) is 4.74 Å². The highest BCUT2D eigenvalue weighted by atomic mass is 16.6. The van der Waals surface area contributed by atoms with Gasteiger partial charge in [-0.05, 0) is 24.7 Å². The lowest BCUT2D eigenvalue weighted by Gasteiger charge is -2.24. The van der Waals surface area contributed by atoms with Crippen molar-refractivity contribution in [2.75, 3.05) is 6.61 Å². The molecule has 1 aliphatic heterocycles. The SMILES string of the molecule is CC1CCC(C2CO2)CC1. The molecule has 1 saturated heterocycles. The van der Waals surface area contributed by atoms with Crippen LogP contribution >= 0.6 is 0 Å². The van der Waals surface area contributed by atoms with Crippen LogP contribution in [0.5, 0.6) is 0 Å². The Morgan fingerprint density at radius 3 is 2.20 bits per heavy atom. The van der Waals surface area contributed by atoms with E-state index in [1.807, 2.05) is 0 Å². The van der Waals surface area contributed by atoms with Crippen LogP contribution in [0.2, 0.25) is 0 Å². The minimum Gasteiger partial charge on any atom is -0.373 e. The molecule has 1 saturated carbocycles. The molecule has 1 aliphatic carbocycles. The predicted molar refractivity (Wildman–Crippen MR) is 40.9 cm³/mol. The second-order valence-corrected chi connectivity index (χ2v) is 3.89. The fraction of sp³-hybridized carbons (Fsp3) is 1.00. The Kier molecular flexibility index (Phi) is 1.69. The second kappa shape index (κ2) is 2.54. The molecule has 0 N–H and O–H groups in total. The van der Waals surface area contributed by atoms with Crippen LogP contribution < -0.4 is 0 Å². The standard InChI is InChI=1S/C9H16O/c1-7-2-4-8(5-3-7)9-6-10-9/h7-9H,2-6H2,1H3. The zero-order valence-corrected chi connectivity index (χ0v) is 6.68. The van der Waals surface area contributed by atoms with Gasteiger partial charge in [0.2, 0.25) is 0 Å². The first kappa shape index (κ1) is 6.66. The van der Waals surface area contributed by atoms with Crippen LogP contribution in [0.25, 0.3) is 0 Å². The lowest BCUT2D eigenvalue weighted by molar-refractivity contribution is 0.232. The molecule has 0 bridgehead atoms. The number of rotatable bonds is 1. The summed E-state index contributed by atoms with van der Waals surface area (Å²) in [5.74, 6) is 1.91. The summed E-state index contributed by atoms with van der Waals surface area (Å²) in [6.45, 7) is 3.42. The molecule has 0 aromatic carbocycles. The van der Waals surface area contributed by atoms with E-state index in [2.05, 4.69) is 6.92 Å². The Bertz CT molecular complexity index is 110. The Morgan fingerprint density at radius 1 is 1.10 bits per heavy atom. The van der Waals surface area contributed by atoms with Crippen LogP contribution in [0, 0.1) is 11.8 Å². The number of epoxide rings is 1. The van der Waals surface area contributed by atoms with Crippen LogP contribution in [0.3, 0.4) is 0 Å². The van der Waals surface area contributed by atoms with Gasteiger partial charge in [0, 0.05) is 0 Å². The quantitative estimate of drug-likeness (QED) is 0.509. The molecule has 0 spiro atoms. The minimum atomic E-state index is 0.674. The number of ether oxygens (including phenoxy) is 1. The van der Waals surface area contributed by atoms with E-state index in [4.69, 9.17) is 4.74 Å². The molecule has 10 heavy (non-hydrogen) atoms. The number of hydrogen-bond acceptors (Lipinski definition) is 1. The van der Waals surface area contributed by atoms with E-state index in [-0.39, 0.29) is 0 Å². The van der Waals surface area contributed by atoms with Gasteiger partial charge in [-0.3, -0.25) is 0 Å². The van der Waals surface area contributed by atoms with Gasteiger partial charge in [-0.2, -0.15) is 0 Å². The minimum absolute atomic E-state index is 0.674. The van der Waals surface area contributed by atoms with Crippen LogP contribution in [-0.4, -0.2) is 12.7 Å². The summed E-state index contributed by atoms with van der Waals surface area (Å²) in [6, 6.07) is 0. The average molecular weight is 140 g/mol. The molecule has 1 heterocycles. The molecule has 1 atom stereocenters. The third-order valence-corrected chi connectivity index (χ3v) is 2.95. The fourth-order valence-electron chi connectivity index (χ4n) is 1.99. The van der Waals surface area contributed by atoms with E-state index in [1.54, 1.807) is 0 Å². The van der Waals surface area contributed by atoms with Gasteiger partial charge in [-0.1, -0.05) is 19.8 Å². The molecule has 0 amide bonds. The van der Waals surface area contributed by atoms with E-state index in [0.717, 1.165) is 18.4 Å². The van der Waals surface area contributed by atoms with E-state index < -0.39 is 0 Å². The molecule has 2 aliphatic rings. The summed E-state index contributed by atoms with van der Waals surface area (Å²) < 4.78 is 5.28. The highest BCUT2D eigenvalue weighted by Crippen LogP contribution is 2.35. The molecular weight excluding hydrogens is 124 g/mol. The molecule has 1 unspecified atom stereocenters. The topological polar surface area (TPSA) is 12.5 Å². The van der Waals surface area contributed by atoms with Crippen molar-refractivity contribution in [3.8, 4) is 0 Å². The van der Waals surface area contributed by atoms with Crippen molar-refractivity contribution >= 4 is 0 Å². The fourth-order valence-corrected chi connectivity index (χ4v) is 1.99. The molecule has 58 valence electrons. The van der Waals surface area contributed by atoms with Crippen molar-refractivity contribution in [1.29, 1.82) is 0 Å². The Hall–Kier alpha value is -0.0400. The highest BCUT2D eigenvalue weighted by Gasteiger charge is 2.34. The summed E-state index contributed by atoms with van der Waals surface area (Å²) >= 11 is 0. The van der Waals surface area contributed by atoms with Crippen molar-refractivity contribution in [3.05, 3.63) is 0 Å². The van der Waals surface area contributed by atoms with Gasteiger partial charge in [0.05, 0.1) is 12.7 Å². The summed E-state index contributed by atoms with van der Waals surface area (Å²) in [5.41, 5.74) is 0. The van der Waals surface area contributed by atoms with Crippen molar-refractivity contribution < 1.29 is 4.74 Å². The summed E-state index contributed by atoms with van der Waals surface area (Å²) in [7, 11) is 0. The van der Waals surface area contributed by atoms with Gasteiger partial charge in [0.15, 0.2) is 0 Å². The average Bonchev–Trinajstić information content (AvgIpc) is 2.71. The van der Waals surface area contributed by atoms with Gasteiger partial charge in [-0.15, -0.1) is 0 Å². The van der Waals surface area contributed by atoms with Crippen LogP contribution in [0.4, 0.5) is 0 Å². The maximum atomic E-state index is 5.28. The second-order valence-electron chi connectivity index (χ2n) is 3.89. The van der Waals surface area contributed by atoms with Crippen molar-refractivity contribution in [1.82, 2.24) is 0 Å². The largest absolute Gasteiger partial charge is 0.373 e. The smallest absolute Gasteiger partial charge is 0.0838 e. The van der Waals surface area contributed by atoms with E-state index in [0.29, 0.717) is 6.10 Å². The van der Waals surface area contributed by atoms with E-state index in [9.17, 15) is 0 Å². The van der Waals surface area contributed by atoms with Gasteiger partial charge in [-0.25, -0.2) is 0 Å². The first-order valence-corrected chi connectivity index (χ1v) is 4.48. The molecule has 1 heteroatoms. The summed E-state index contributed by atoms with van der Waals surface area (Å²) in [4.78, 5) is 0. The van der Waals surface area contributed by atoms with Crippen LogP contribution in [0.1, 0.15) is 32.6 Å². The van der Waals surface area contributed by atoms with Crippen molar-refractivity contribution in [2.45, 2.75) is 38.7 Å². The monoisotopic (exact) mass is 140 g/mol. The van der Waals surface area contributed by atoms with E-state index >= 15 is 0 Å². The molecular formula is C9H16O. The maximum absolute atomic E-state index is 5.28. The lowest BCUT2D eigenvalue weighted by Crippen LogP contribution is -2.16. The number of hydrogen-bond donors (Lipinski definition) is 0. The Morgan fingerprint density at radius 2 is 1.70 bits per heavy atom. The normalized spacial score (nSPS) is 47.1. The van der Waals surface area contributed by atoms with Gasteiger partial charge in [0.25, 0.3) is 0 Å². The summed E-state index contributed by atoms with van der Waals surface area (Å²) in [6.07, 6.45) is 6.39. The third-order valence-electron chi connectivity index (χ3n) is 2.95. The lowest BCUT2D eigenvalue weighted by atomic mass is 9.81. The highest BCUT2D eigenvalue weighted by molar-refractivity contribution is 4.82. The molecule has 2 rings (SSSR count). The van der Waals surface area contributed by atoms with Gasteiger partial charge < -0.3 is 4.74 Å². The van der Waals surface area contributed by atoms with Crippen LogP contribution in [0.15, 0.2) is 0 Å². The molecule has 1 nitrogen and oxygen atoms in total. The Balaban J connectivity index is 1.79. The van der Waals surface area contributed by atoms with Gasteiger partial charge in [0.1, 0.15) is 0 Å². The third kappa shape index (κ3) is 1.34. The molecule has 0 radical (unpaired) electrons. The first-order valence-electron chi connectivity index (χ1n) is 4.48.